The van der Waals surface area contributed by atoms with Crippen molar-refractivity contribution >= 4 is 21.9 Å². The zero-order chi connectivity index (χ0) is 11.3. The molecule has 0 N–H and O–H groups in total. The van der Waals surface area contributed by atoms with Gasteiger partial charge in [0.15, 0.2) is 0 Å². The highest BCUT2D eigenvalue weighted by atomic mass is 79.9. The van der Waals surface area contributed by atoms with Crippen LogP contribution < -0.4 is 0 Å². The summed E-state index contributed by atoms with van der Waals surface area (Å²) in [5.41, 5.74) is 0.830. The number of ether oxygens (including phenoxy) is 1. The molecule has 0 atom stereocenters. The number of hydrogen-bond acceptors (Lipinski definition) is 4. The topological polar surface area (TPSA) is 63.0 Å². The standard InChI is InChI=1S/C10H9BrN2O2/c1-2-15-10(14)5-8-7(6-12)3-4-9(11)13-8/h3-4H,2,5H2,1H3. The number of nitrogens with zero attached hydrogens (tertiary/aromatic N) is 2. The number of hydrogen-bond donors (Lipinski definition) is 0. The number of nitriles is 1. The van der Waals surface area contributed by atoms with Crippen molar-refractivity contribution in [2.45, 2.75) is 13.3 Å². The number of aromatic nitrogens is 1. The fourth-order valence-corrected chi connectivity index (χ4v) is 1.41. The first-order chi connectivity index (χ1) is 7.17. The van der Waals surface area contributed by atoms with Crippen molar-refractivity contribution in [2.75, 3.05) is 6.61 Å². The highest BCUT2D eigenvalue weighted by Crippen LogP contribution is 2.12. The molecule has 0 aliphatic carbocycles. The van der Waals surface area contributed by atoms with Crippen molar-refractivity contribution < 1.29 is 9.53 Å². The molecule has 15 heavy (non-hydrogen) atoms. The molecule has 0 unspecified atom stereocenters. The predicted molar refractivity (Wildman–Crippen MR) is 57.0 cm³/mol. The molecular weight excluding hydrogens is 260 g/mol. The van der Waals surface area contributed by atoms with E-state index in [0.717, 1.165) is 0 Å². The number of pyridine rings is 1. The number of halogens is 1. The van der Waals surface area contributed by atoms with Crippen LogP contribution in [-0.2, 0) is 16.0 Å². The third-order valence-corrected chi connectivity index (χ3v) is 2.12. The van der Waals surface area contributed by atoms with E-state index in [0.29, 0.717) is 22.5 Å². The van der Waals surface area contributed by atoms with Gasteiger partial charge in [0.25, 0.3) is 0 Å². The number of carbonyl (C=O) groups excluding carboxylic acids is 1. The van der Waals surface area contributed by atoms with E-state index in [-0.39, 0.29) is 12.4 Å². The third kappa shape index (κ3) is 3.33. The van der Waals surface area contributed by atoms with E-state index in [1.165, 1.54) is 0 Å². The minimum atomic E-state index is -0.375. The Morgan fingerprint density at radius 1 is 1.67 bits per heavy atom. The lowest BCUT2D eigenvalue weighted by Gasteiger charge is -2.03. The quantitative estimate of drug-likeness (QED) is 0.620. The average molecular weight is 269 g/mol. The number of carbonyl (C=O) groups is 1. The van der Waals surface area contributed by atoms with Gasteiger partial charge in [-0.3, -0.25) is 4.79 Å². The molecule has 1 rings (SSSR count). The maximum absolute atomic E-state index is 11.2. The van der Waals surface area contributed by atoms with Crippen LogP contribution in [0.1, 0.15) is 18.2 Å². The van der Waals surface area contributed by atoms with Crippen LogP contribution in [0.15, 0.2) is 16.7 Å². The molecule has 0 saturated carbocycles. The van der Waals surface area contributed by atoms with Gasteiger partial charge in [-0.05, 0) is 35.0 Å². The van der Waals surface area contributed by atoms with Crippen molar-refractivity contribution in [3.63, 3.8) is 0 Å². The van der Waals surface area contributed by atoms with E-state index in [1.54, 1.807) is 19.1 Å². The van der Waals surface area contributed by atoms with Gasteiger partial charge in [-0.1, -0.05) is 0 Å². The predicted octanol–water partition coefficient (Wildman–Crippen LogP) is 1.82. The normalized spacial score (nSPS) is 9.40. The van der Waals surface area contributed by atoms with Crippen LogP contribution in [0.25, 0.3) is 0 Å². The minimum absolute atomic E-state index is 0.0240. The molecule has 1 aromatic rings. The van der Waals surface area contributed by atoms with Crippen molar-refractivity contribution in [3.8, 4) is 6.07 Å². The van der Waals surface area contributed by atoms with Crippen LogP contribution in [0.3, 0.4) is 0 Å². The summed E-state index contributed by atoms with van der Waals surface area (Å²) in [6.07, 6.45) is 0.0240. The molecule has 0 fully saturated rings. The van der Waals surface area contributed by atoms with Crippen molar-refractivity contribution in [1.82, 2.24) is 4.98 Å². The molecular formula is C10H9BrN2O2. The zero-order valence-electron chi connectivity index (χ0n) is 8.16. The molecule has 0 aliphatic heterocycles. The lowest BCUT2D eigenvalue weighted by Crippen LogP contribution is -2.10. The second-order valence-corrected chi connectivity index (χ2v) is 3.53. The fraction of sp³-hybridized carbons (Fsp3) is 0.300. The van der Waals surface area contributed by atoms with Gasteiger partial charge in [0.05, 0.1) is 24.3 Å². The molecule has 0 bridgehead atoms. The first-order valence-electron chi connectivity index (χ1n) is 4.38. The van der Waals surface area contributed by atoms with Crippen LogP contribution >= 0.6 is 15.9 Å². The van der Waals surface area contributed by atoms with Crippen molar-refractivity contribution in [2.24, 2.45) is 0 Å². The Balaban J connectivity index is 2.88. The van der Waals surface area contributed by atoms with Gasteiger partial charge < -0.3 is 4.74 Å². The van der Waals surface area contributed by atoms with E-state index in [1.807, 2.05) is 6.07 Å². The number of esters is 1. The second kappa shape index (κ2) is 5.47. The molecule has 0 amide bonds. The van der Waals surface area contributed by atoms with Gasteiger partial charge in [-0.15, -0.1) is 0 Å². The summed E-state index contributed by atoms with van der Waals surface area (Å²) < 4.78 is 5.38. The van der Waals surface area contributed by atoms with Crippen molar-refractivity contribution in [3.05, 3.63) is 28.0 Å². The van der Waals surface area contributed by atoms with Crippen LogP contribution in [0, 0.1) is 11.3 Å². The van der Waals surface area contributed by atoms with Gasteiger partial charge >= 0.3 is 5.97 Å². The molecule has 1 heterocycles. The highest BCUT2D eigenvalue weighted by Gasteiger charge is 2.10. The van der Waals surface area contributed by atoms with E-state index < -0.39 is 0 Å². The third-order valence-electron chi connectivity index (χ3n) is 1.68. The molecule has 4 nitrogen and oxygen atoms in total. The van der Waals surface area contributed by atoms with Gasteiger partial charge in [0.1, 0.15) is 10.7 Å². The summed E-state index contributed by atoms with van der Waals surface area (Å²) in [5.74, 6) is -0.375. The number of rotatable bonds is 3. The Morgan fingerprint density at radius 2 is 2.40 bits per heavy atom. The largest absolute Gasteiger partial charge is 0.466 e. The summed E-state index contributed by atoms with van der Waals surface area (Å²) in [4.78, 5) is 15.3. The van der Waals surface area contributed by atoms with Crippen LogP contribution in [0.4, 0.5) is 0 Å². The molecule has 78 valence electrons. The summed E-state index contributed by atoms with van der Waals surface area (Å²) in [5, 5.41) is 8.79. The van der Waals surface area contributed by atoms with Gasteiger partial charge in [-0.2, -0.15) is 5.26 Å². The van der Waals surface area contributed by atoms with Crippen LogP contribution in [0.5, 0.6) is 0 Å². The molecule has 0 saturated heterocycles. The maximum Gasteiger partial charge on any atom is 0.311 e. The molecule has 0 aromatic carbocycles. The fourth-order valence-electron chi connectivity index (χ4n) is 1.06. The maximum atomic E-state index is 11.2. The molecule has 0 spiro atoms. The smallest absolute Gasteiger partial charge is 0.311 e. The lowest BCUT2D eigenvalue weighted by molar-refractivity contribution is -0.142. The summed E-state index contributed by atoms with van der Waals surface area (Å²) in [6.45, 7) is 2.06. The molecule has 5 heteroatoms. The minimum Gasteiger partial charge on any atom is -0.466 e. The first-order valence-corrected chi connectivity index (χ1v) is 5.17. The Hall–Kier alpha value is -1.41. The van der Waals surface area contributed by atoms with E-state index in [4.69, 9.17) is 10.00 Å². The SMILES string of the molecule is CCOC(=O)Cc1nc(Br)ccc1C#N. The average Bonchev–Trinajstić information content (AvgIpc) is 2.18. The molecule has 0 aliphatic rings. The van der Waals surface area contributed by atoms with Gasteiger partial charge in [0, 0.05) is 0 Å². The van der Waals surface area contributed by atoms with E-state index >= 15 is 0 Å². The Bertz CT molecular complexity index is 412. The van der Waals surface area contributed by atoms with Crippen LogP contribution in [-0.4, -0.2) is 17.6 Å². The Morgan fingerprint density at radius 3 is 3.00 bits per heavy atom. The molecule has 1 aromatic heterocycles. The second-order valence-electron chi connectivity index (χ2n) is 2.72. The van der Waals surface area contributed by atoms with E-state index in [9.17, 15) is 4.79 Å². The summed E-state index contributed by atoms with van der Waals surface area (Å²) in [6, 6.07) is 5.26. The van der Waals surface area contributed by atoms with E-state index in [2.05, 4.69) is 20.9 Å². The highest BCUT2D eigenvalue weighted by molar-refractivity contribution is 9.10. The van der Waals surface area contributed by atoms with Gasteiger partial charge in [-0.25, -0.2) is 4.98 Å². The van der Waals surface area contributed by atoms with Crippen LogP contribution in [0.2, 0.25) is 0 Å². The Kier molecular flexibility index (Phi) is 4.25. The first kappa shape index (κ1) is 11.7. The molecule has 0 radical (unpaired) electrons. The van der Waals surface area contributed by atoms with Crippen molar-refractivity contribution in [1.29, 1.82) is 5.26 Å². The summed E-state index contributed by atoms with van der Waals surface area (Å²) in [7, 11) is 0. The lowest BCUT2D eigenvalue weighted by atomic mass is 10.1. The Labute approximate surface area is 96.0 Å². The van der Waals surface area contributed by atoms with Gasteiger partial charge in [0.2, 0.25) is 0 Å². The summed E-state index contributed by atoms with van der Waals surface area (Å²) >= 11 is 3.18. The zero-order valence-corrected chi connectivity index (χ0v) is 9.74. The monoisotopic (exact) mass is 268 g/mol.